The molecule has 4 nitrogen and oxygen atoms in total. The van der Waals surface area contributed by atoms with Crippen LogP contribution in [0.5, 0.6) is 0 Å². The van der Waals surface area contributed by atoms with E-state index in [0.717, 1.165) is 35.2 Å². The Morgan fingerprint density at radius 2 is 1.57 bits per heavy atom. The van der Waals surface area contributed by atoms with Gasteiger partial charge < -0.3 is 4.90 Å². The number of nitrogens with zero attached hydrogens (tertiary/aromatic N) is 3. The van der Waals surface area contributed by atoms with Crippen LogP contribution in [0.1, 0.15) is 40.2 Å². The van der Waals surface area contributed by atoms with E-state index in [1.165, 1.54) is 0 Å². The molecule has 6 rings (SSSR count). The highest BCUT2D eigenvalue weighted by atomic mass is 35.5. The maximum atomic E-state index is 14.4. The second-order valence-electron chi connectivity index (χ2n) is 9.92. The summed E-state index contributed by atoms with van der Waals surface area (Å²) in [7, 11) is 0. The number of ketones is 1. The Morgan fingerprint density at radius 3 is 2.24 bits per heavy atom. The summed E-state index contributed by atoms with van der Waals surface area (Å²) in [5, 5.41) is 20.6. The van der Waals surface area contributed by atoms with Gasteiger partial charge in [-0.15, -0.1) is 0 Å². The number of hydrogen-bond donors (Lipinski definition) is 0. The van der Waals surface area contributed by atoms with Gasteiger partial charge >= 0.3 is 0 Å². The number of carbonyl (C=O) groups is 1. The van der Waals surface area contributed by atoms with Crippen molar-refractivity contribution < 1.29 is 4.79 Å². The van der Waals surface area contributed by atoms with Gasteiger partial charge in [-0.25, -0.2) is 0 Å². The Kier molecular flexibility index (Phi) is 5.91. The normalized spacial score (nSPS) is 23.4. The lowest BCUT2D eigenvalue weighted by Gasteiger charge is -2.36. The van der Waals surface area contributed by atoms with Crippen LogP contribution in [0.2, 0.25) is 5.02 Å². The Bertz CT molecular complexity index is 1490. The van der Waals surface area contributed by atoms with Crippen LogP contribution >= 0.6 is 11.6 Å². The van der Waals surface area contributed by atoms with Crippen molar-refractivity contribution >= 4 is 29.1 Å². The number of nitriles is 2. The molecule has 0 amide bonds. The highest BCUT2D eigenvalue weighted by Gasteiger charge is 2.56. The third-order valence-electron chi connectivity index (χ3n) is 7.87. The van der Waals surface area contributed by atoms with Crippen LogP contribution in [0.15, 0.2) is 96.1 Å². The molecule has 4 atom stereocenters. The van der Waals surface area contributed by atoms with Crippen LogP contribution in [0, 0.1) is 34.5 Å². The molecule has 0 aromatic heterocycles. The van der Waals surface area contributed by atoms with Gasteiger partial charge in [-0.3, -0.25) is 4.79 Å². The van der Waals surface area contributed by atoms with E-state index in [1.807, 2.05) is 66.7 Å². The van der Waals surface area contributed by atoms with Crippen LogP contribution in [-0.4, -0.2) is 17.9 Å². The summed E-state index contributed by atoms with van der Waals surface area (Å²) >= 11 is 6.27. The Morgan fingerprint density at radius 1 is 0.892 bits per heavy atom. The van der Waals surface area contributed by atoms with Crippen molar-refractivity contribution in [3.05, 3.63) is 118 Å². The predicted molar refractivity (Wildman–Crippen MR) is 145 cm³/mol. The standard InChI is InChI=1S/C32H24ClN3O/c33-25-15-12-22(13-16-25)29-30(28(21-10-11-21)24(18-34)19-35)27-17-14-20-6-4-5-9-26(20)36(27)31(29)32(37)23-7-2-1-3-8-23/h1-9,12-17,21,27,29-31H,10-11H2/t27-,29+,30+,31+/m0/s1. The molecule has 3 aliphatic rings. The van der Waals surface area contributed by atoms with E-state index < -0.39 is 6.04 Å². The number of halogens is 1. The summed E-state index contributed by atoms with van der Waals surface area (Å²) in [6.45, 7) is 0. The monoisotopic (exact) mass is 501 g/mol. The molecular weight excluding hydrogens is 478 g/mol. The lowest BCUT2D eigenvalue weighted by atomic mass is 9.73. The average Bonchev–Trinajstić information content (AvgIpc) is 3.73. The van der Waals surface area contributed by atoms with Crippen LogP contribution in [-0.2, 0) is 0 Å². The Hall–Kier alpha value is -4.12. The second-order valence-corrected chi connectivity index (χ2v) is 10.4. The van der Waals surface area contributed by atoms with Crippen LogP contribution in [0.4, 0.5) is 5.69 Å². The van der Waals surface area contributed by atoms with Crippen LogP contribution < -0.4 is 4.90 Å². The van der Waals surface area contributed by atoms with Gasteiger partial charge in [0.2, 0.25) is 0 Å². The molecule has 2 fully saturated rings. The highest BCUT2D eigenvalue weighted by Crippen LogP contribution is 2.56. The molecule has 3 aromatic rings. The first-order chi connectivity index (χ1) is 18.1. The van der Waals surface area contributed by atoms with Gasteiger partial charge in [-0.2, -0.15) is 10.5 Å². The average molecular weight is 502 g/mol. The molecule has 1 saturated heterocycles. The number of rotatable bonds is 5. The molecule has 1 aliphatic carbocycles. The van der Waals surface area contributed by atoms with Crippen LogP contribution in [0.3, 0.4) is 0 Å². The van der Waals surface area contributed by atoms with Gasteiger partial charge in [0.25, 0.3) is 0 Å². The summed E-state index contributed by atoms with van der Waals surface area (Å²) < 4.78 is 0. The maximum Gasteiger partial charge on any atom is 0.185 e. The van der Waals surface area contributed by atoms with Gasteiger partial charge in [-0.05, 0) is 53.7 Å². The number of carbonyl (C=O) groups excluding carboxylic acids is 1. The minimum atomic E-state index is -0.517. The number of fused-ring (bicyclic) bond motifs is 3. The molecule has 0 N–H and O–H groups in total. The zero-order valence-electron chi connectivity index (χ0n) is 20.1. The van der Waals surface area contributed by atoms with E-state index >= 15 is 0 Å². The first-order valence-electron chi connectivity index (χ1n) is 12.6. The highest BCUT2D eigenvalue weighted by molar-refractivity contribution is 6.30. The van der Waals surface area contributed by atoms with Crippen molar-refractivity contribution in [1.82, 2.24) is 0 Å². The lowest BCUT2D eigenvalue weighted by Crippen LogP contribution is -2.43. The van der Waals surface area contributed by atoms with E-state index in [2.05, 4.69) is 41.3 Å². The number of hydrogen-bond acceptors (Lipinski definition) is 4. The fourth-order valence-electron chi connectivity index (χ4n) is 6.24. The van der Waals surface area contributed by atoms with E-state index in [9.17, 15) is 15.3 Å². The SMILES string of the molecule is N#CC(C#N)=C(C1CC1)[C@@H]1[C@@H](c2ccc(Cl)cc2)[C@H](C(=O)c2ccccc2)N2c3ccccc3C=C[C@@H]12. The molecule has 180 valence electrons. The summed E-state index contributed by atoms with van der Waals surface area (Å²) in [6, 6.07) is 28.9. The first-order valence-corrected chi connectivity index (χ1v) is 12.9. The number of allylic oxidation sites excluding steroid dienone is 1. The van der Waals surface area contributed by atoms with Gasteiger partial charge in [0.05, 0.1) is 6.04 Å². The zero-order valence-corrected chi connectivity index (χ0v) is 20.8. The quantitative estimate of drug-likeness (QED) is 0.280. The summed E-state index contributed by atoms with van der Waals surface area (Å²) in [4.78, 5) is 16.6. The number of Topliss-reactive ketones (excluding diaryl/α,β-unsaturated/α-hetero) is 1. The van der Waals surface area contributed by atoms with Crippen molar-refractivity contribution in [2.24, 2.45) is 11.8 Å². The molecule has 37 heavy (non-hydrogen) atoms. The molecule has 3 aromatic carbocycles. The Balaban J connectivity index is 1.63. The molecule has 0 unspecified atom stereocenters. The Labute approximate surface area is 221 Å². The topological polar surface area (TPSA) is 67.9 Å². The van der Waals surface area contributed by atoms with Crippen molar-refractivity contribution in [1.29, 1.82) is 10.5 Å². The minimum Gasteiger partial charge on any atom is -0.353 e. The van der Waals surface area contributed by atoms with Crippen molar-refractivity contribution in [2.75, 3.05) is 4.90 Å². The predicted octanol–water partition coefficient (Wildman–Crippen LogP) is 6.96. The van der Waals surface area contributed by atoms with Crippen molar-refractivity contribution in [2.45, 2.75) is 30.8 Å². The maximum absolute atomic E-state index is 14.4. The third-order valence-corrected chi connectivity index (χ3v) is 8.13. The third kappa shape index (κ3) is 3.95. The molecule has 1 saturated carbocycles. The summed E-state index contributed by atoms with van der Waals surface area (Å²) in [5.41, 5.74) is 4.76. The molecule has 0 radical (unpaired) electrons. The van der Waals surface area contributed by atoms with Gasteiger partial charge in [0.15, 0.2) is 5.78 Å². The van der Waals surface area contributed by atoms with Gasteiger partial charge in [0, 0.05) is 28.1 Å². The summed E-state index contributed by atoms with van der Waals surface area (Å²) in [5.74, 6) is -0.251. The molecule has 0 spiro atoms. The largest absolute Gasteiger partial charge is 0.353 e. The fraction of sp³-hybridized carbons (Fsp3) is 0.219. The fourth-order valence-corrected chi connectivity index (χ4v) is 6.36. The van der Waals surface area contributed by atoms with Gasteiger partial charge in [0.1, 0.15) is 23.8 Å². The zero-order chi connectivity index (χ0) is 25.5. The number of para-hydroxylation sites is 1. The van der Waals surface area contributed by atoms with Crippen molar-refractivity contribution in [3.63, 3.8) is 0 Å². The van der Waals surface area contributed by atoms with Crippen LogP contribution in [0.25, 0.3) is 6.08 Å². The molecule has 5 heteroatoms. The van der Waals surface area contributed by atoms with E-state index in [-0.39, 0.29) is 35.2 Å². The minimum absolute atomic E-state index is 0.0313. The van der Waals surface area contributed by atoms with E-state index in [1.54, 1.807) is 0 Å². The van der Waals surface area contributed by atoms with Gasteiger partial charge in [-0.1, -0.05) is 84.4 Å². The second kappa shape index (κ2) is 9.40. The van der Waals surface area contributed by atoms with E-state index in [0.29, 0.717) is 10.6 Å². The molecule has 0 bridgehead atoms. The first kappa shape index (κ1) is 23.3. The van der Waals surface area contributed by atoms with E-state index in [4.69, 9.17) is 11.6 Å². The number of anilines is 1. The lowest BCUT2D eigenvalue weighted by molar-refractivity contribution is 0.0952. The smallest absolute Gasteiger partial charge is 0.185 e. The number of benzene rings is 3. The molecule has 2 heterocycles. The molecular formula is C32H24ClN3O. The van der Waals surface area contributed by atoms with Crippen molar-refractivity contribution in [3.8, 4) is 12.1 Å². The summed E-state index contributed by atoms with van der Waals surface area (Å²) in [6.07, 6.45) is 6.18. The molecule has 2 aliphatic heterocycles.